The van der Waals surface area contributed by atoms with Crippen LogP contribution in [0.2, 0.25) is 5.02 Å². The Morgan fingerprint density at radius 3 is 2.43 bits per heavy atom. The monoisotopic (exact) mass is 416 g/mol. The van der Waals surface area contributed by atoms with Crippen LogP contribution < -0.4 is 10.3 Å². The molecule has 0 saturated heterocycles. The molecule has 30 heavy (non-hydrogen) atoms. The van der Waals surface area contributed by atoms with Crippen molar-refractivity contribution in [2.45, 2.75) is 6.92 Å². The minimum absolute atomic E-state index is 0.164. The fourth-order valence-corrected chi connectivity index (χ4v) is 3.80. The normalized spacial score (nSPS) is 11.3. The third-order valence-electron chi connectivity index (χ3n) is 5.17. The number of rotatable bonds is 3. The van der Waals surface area contributed by atoms with Gasteiger partial charge in [-0.05, 0) is 55.0 Å². The highest BCUT2D eigenvalue weighted by molar-refractivity contribution is 6.30. The van der Waals surface area contributed by atoms with Crippen LogP contribution in [0, 0.1) is 6.92 Å². The first-order chi connectivity index (χ1) is 14.6. The molecule has 0 spiro atoms. The van der Waals surface area contributed by atoms with Crippen LogP contribution in [-0.2, 0) is 0 Å². The Hall–Kier alpha value is -3.64. The van der Waals surface area contributed by atoms with Gasteiger partial charge in [0.15, 0.2) is 5.65 Å². The van der Waals surface area contributed by atoms with Crippen LogP contribution in [-0.4, -0.2) is 26.3 Å². The van der Waals surface area contributed by atoms with Crippen molar-refractivity contribution in [1.82, 2.24) is 19.2 Å². The molecule has 0 aliphatic carbocycles. The molecule has 0 bridgehead atoms. The molecule has 5 rings (SSSR count). The lowest BCUT2D eigenvalue weighted by Gasteiger charge is -2.08. The second-order valence-electron chi connectivity index (χ2n) is 6.95. The molecule has 3 heterocycles. The van der Waals surface area contributed by atoms with Crippen LogP contribution in [0.25, 0.3) is 33.4 Å². The molecule has 2 aromatic carbocycles. The molecule has 0 amide bonds. The number of fused-ring (bicyclic) bond motifs is 3. The van der Waals surface area contributed by atoms with E-state index in [0.29, 0.717) is 21.6 Å². The Balaban J connectivity index is 1.72. The Labute approximate surface area is 176 Å². The molecule has 0 unspecified atom stereocenters. The molecule has 0 N–H and O–H groups in total. The van der Waals surface area contributed by atoms with E-state index in [-0.39, 0.29) is 5.56 Å². The fraction of sp³-hybridized carbons (Fsp3) is 0.0870. The lowest BCUT2D eigenvalue weighted by atomic mass is 10.1. The quantitative estimate of drug-likeness (QED) is 0.428. The third-order valence-corrected chi connectivity index (χ3v) is 5.42. The van der Waals surface area contributed by atoms with Gasteiger partial charge in [-0.15, -0.1) is 0 Å². The summed E-state index contributed by atoms with van der Waals surface area (Å²) in [5, 5.41) is 5.78. The standard InChI is InChI=1S/C23H17ClN4O2/c1-14-21(15-3-9-18(30-2)10-4-15)22-25-13-19-20(28(22)26-14)11-12-27(23(19)29)17-7-5-16(24)6-8-17/h3-13H,1-2H3. The number of halogens is 1. The number of pyridine rings is 1. The van der Waals surface area contributed by atoms with Gasteiger partial charge in [0, 0.05) is 28.7 Å². The van der Waals surface area contributed by atoms with Gasteiger partial charge in [-0.1, -0.05) is 23.7 Å². The van der Waals surface area contributed by atoms with Crippen LogP contribution >= 0.6 is 11.6 Å². The van der Waals surface area contributed by atoms with E-state index in [4.69, 9.17) is 16.3 Å². The number of hydrogen-bond acceptors (Lipinski definition) is 4. The average Bonchev–Trinajstić information content (AvgIpc) is 3.11. The van der Waals surface area contributed by atoms with Gasteiger partial charge < -0.3 is 4.74 Å². The van der Waals surface area contributed by atoms with Gasteiger partial charge in [0.05, 0.1) is 23.7 Å². The highest BCUT2D eigenvalue weighted by Crippen LogP contribution is 2.30. The Morgan fingerprint density at radius 2 is 1.73 bits per heavy atom. The molecule has 0 aliphatic heterocycles. The molecule has 3 aromatic heterocycles. The van der Waals surface area contributed by atoms with Crippen molar-refractivity contribution >= 4 is 28.2 Å². The first kappa shape index (κ1) is 18.4. The SMILES string of the molecule is COc1ccc(-c2c(C)nn3c2ncc2c(=O)n(-c4ccc(Cl)cc4)ccc23)cc1. The van der Waals surface area contributed by atoms with Crippen molar-refractivity contribution in [3.8, 4) is 22.6 Å². The van der Waals surface area contributed by atoms with E-state index >= 15 is 0 Å². The topological polar surface area (TPSA) is 61.4 Å². The van der Waals surface area contributed by atoms with E-state index in [1.54, 1.807) is 52.9 Å². The van der Waals surface area contributed by atoms with E-state index in [1.807, 2.05) is 37.3 Å². The third kappa shape index (κ3) is 2.84. The number of hydrogen-bond donors (Lipinski definition) is 0. The van der Waals surface area contributed by atoms with Crippen LogP contribution in [0.3, 0.4) is 0 Å². The zero-order chi connectivity index (χ0) is 20.8. The van der Waals surface area contributed by atoms with Crippen LogP contribution in [0.5, 0.6) is 5.75 Å². The number of benzene rings is 2. The summed E-state index contributed by atoms with van der Waals surface area (Å²) in [6, 6.07) is 16.8. The zero-order valence-corrected chi connectivity index (χ0v) is 17.1. The predicted molar refractivity (Wildman–Crippen MR) is 118 cm³/mol. The average molecular weight is 417 g/mol. The maximum Gasteiger partial charge on any atom is 0.266 e. The number of aromatic nitrogens is 4. The second-order valence-corrected chi connectivity index (χ2v) is 7.39. The molecule has 0 radical (unpaired) electrons. The van der Waals surface area contributed by atoms with E-state index in [2.05, 4.69) is 10.1 Å². The largest absolute Gasteiger partial charge is 0.497 e. The van der Waals surface area contributed by atoms with Crippen LogP contribution in [0.15, 0.2) is 71.8 Å². The number of methoxy groups -OCH3 is 1. The molecule has 0 saturated carbocycles. The Bertz CT molecular complexity index is 1450. The molecule has 0 fully saturated rings. The van der Waals surface area contributed by atoms with Gasteiger partial charge in [-0.3, -0.25) is 9.36 Å². The van der Waals surface area contributed by atoms with Crippen molar-refractivity contribution in [2.75, 3.05) is 7.11 Å². The molecule has 0 atom stereocenters. The first-order valence-corrected chi connectivity index (χ1v) is 9.74. The summed E-state index contributed by atoms with van der Waals surface area (Å²) >= 11 is 5.97. The first-order valence-electron chi connectivity index (χ1n) is 9.37. The van der Waals surface area contributed by atoms with Crippen molar-refractivity contribution in [2.24, 2.45) is 0 Å². The molecule has 5 aromatic rings. The van der Waals surface area contributed by atoms with Crippen molar-refractivity contribution < 1.29 is 4.74 Å². The van der Waals surface area contributed by atoms with Gasteiger partial charge in [-0.2, -0.15) is 5.10 Å². The molecular formula is C23H17ClN4O2. The number of nitrogens with zero attached hydrogens (tertiary/aromatic N) is 4. The summed E-state index contributed by atoms with van der Waals surface area (Å²) in [7, 11) is 1.64. The predicted octanol–water partition coefficient (Wildman–Crippen LogP) is 4.67. The highest BCUT2D eigenvalue weighted by atomic mass is 35.5. The minimum atomic E-state index is -0.164. The zero-order valence-electron chi connectivity index (χ0n) is 16.3. The smallest absolute Gasteiger partial charge is 0.266 e. The van der Waals surface area contributed by atoms with E-state index in [1.165, 1.54) is 0 Å². The lowest BCUT2D eigenvalue weighted by Crippen LogP contribution is -2.18. The van der Waals surface area contributed by atoms with Gasteiger partial charge in [0.25, 0.3) is 5.56 Å². The Morgan fingerprint density at radius 1 is 1.00 bits per heavy atom. The van der Waals surface area contributed by atoms with E-state index in [0.717, 1.165) is 28.3 Å². The molecule has 7 heteroatoms. The summed E-state index contributed by atoms with van der Waals surface area (Å²) < 4.78 is 8.56. The van der Waals surface area contributed by atoms with Gasteiger partial charge in [-0.25, -0.2) is 9.50 Å². The van der Waals surface area contributed by atoms with Crippen molar-refractivity contribution in [1.29, 1.82) is 0 Å². The lowest BCUT2D eigenvalue weighted by molar-refractivity contribution is 0.415. The van der Waals surface area contributed by atoms with Gasteiger partial charge in [0.2, 0.25) is 0 Å². The van der Waals surface area contributed by atoms with Crippen molar-refractivity contribution in [3.63, 3.8) is 0 Å². The van der Waals surface area contributed by atoms with E-state index < -0.39 is 0 Å². The fourth-order valence-electron chi connectivity index (χ4n) is 3.68. The van der Waals surface area contributed by atoms with Gasteiger partial charge >= 0.3 is 0 Å². The number of aryl methyl sites for hydroxylation is 1. The number of ether oxygens (including phenoxy) is 1. The maximum absolute atomic E-state index is 13.1. The molecule has 6 nitrogen and oxygen atoms in total. The van der Waals surface area contributed by atoms with E-state index in [9.17, 15) is 4.79 Å². The summed E-state index contributed by atoms with van der Waals surface area (Å²) in [5.74, 6) is 0.786. The van der Waals surface area contributed by atoms with Crippen LogP contribution in [0.4, 0.5) is 0 Å². The minimum Gasteiger partial charge on any atom is -0.497 e. The molecule has 148 valence electrons. The van der Waals surface area contributed by atoms with Crippen molar-refractivity contribution in [3.05, 3.63) is 88.1 Å². The second kappa shape index (κ2) is 7.00. The maximum atomic E-state index is 13.1. The molecular weight excluding hydrogens is 400 g/mol. The highest BCUT2D eigenvalue weighted by Gasteiger charge is 2.16. The van der Waals surface area contributed by atoms with Gasteiger partial charge in [0.1, 0.15) is 5.75 Å². The summed E-state index contributed by atoms with van der Waals surface area (Å²) in [6.07, 6.45) is 3.37. The summed E-state index contributed by atoms with van der Waals surface area (Å²) in [5.41, 5.74) is 4.74. The van der Waals surface area contributed by atoms with Crippen LogP contribution in [0.1, 0.15) is 5.69 Å². The molecule has 0 aliphatic rings. The Kier molecular flexibility index (Phi) is 4.29. The summed E-state index contributed by atoms with van der Waals surface area (Å²) in [4.78, 5) is 17.7. The summed E-state index contributed by atoms with van der Waals surface area (Å²) in [6.45, 7) is 1.94.